The number of fused-ring (bicyclic) bond motifs is 1. The Hall–Kier alpha value is -2.55. The standard InChI is InChI=1S/C18H25N5O4/c1-12-15(13(2)23-18(21-12)19-11-20-23)5-6-16(24)22(8-7-17(25)26)10-14-4-3-9-27-14/h11,14H,3-10H2,1-2H3,(H,25,26). The number of carboxylic acid groups (broad SMARTS) is 1. The largest absolute Gasteiger partial charge is 0.481 e. The lowest BCUT2D eigenvalue weighted by atomic mass is 10.1. The maximum Gasteiger partial charge on any atom is 0.305 e. The third-order valence-corrected chi connectivity index (χ3v) is 4.97. The molecular weight excluding hydrogens is 350 g/mol. The van der Waals surface area contributed by atoms with E-state index in [1.54, 1.807) is 9.42 Å². The van der Waals surface area contributed by atoms with Gasteiger partial charge in [-0.2, -0.15) is 10.1 Å². The van der Waals surface area contributed by atoms with Gasteiger partial charge in [-0.05, 0) is 38.7 Å². The van der Waals surface area contributed by atoms with Crippen molar-refractivity contribution in [3.8, 4) is 0 Å². The van der Waals surface area contributed by atoms with Crippen LogP contribution in [0.4, 0.5) is 0 Å². The van der Waals surface area contributed by atoms with Gasteiger partial charge in [-0.3, -0.25) is 9.59 Å². The summed E-state index contributed by atoms with van der Waals surface area (Å²) in [7, 11) is 0. The Labute approximate surface area is 157 Å². The van der Waals surface area contributed by atoms with E-state index in [0.29, 0.717) is 25.4 Å². The number of carboxylic acids is 1. The van der Waals surface area contributed by atoms with E-state index in [-0.39, 0.29) is 31.4 Å². The number of carbonyl (C=O) groups is 2. The van der Waals surface area contributed by atoms with E-state index < -0.39 is 5.97 Å². The Morgan fingerprint density at radius 2 is 2.19 bits per heavy atom. The fourth-order valence-electron chi connectivity index (χ4n) is 3.49. The van der Waals surface area contributed by atoms with Crippen LogP contribution in [0.2, 0.25) is 0 Å². The van der Waals surface area contributed by atoms with Crippen molar-refractivity contribution in [2.75, 3.05) is 19.7 Å². The highest BCUT2D eigenvalue weighted by Crippen LogP contribution is 2.17. The van der Waals surface area contributed by atoms with Crippen LogP contribution in [0.25, 0.3) is 5.78 Å². The molecule has 0 saturated carbocycles. The second kappa shape index (κ2) is 8.43. The molecule has 0 radical (unpaired) electrons. The highest BCUT2D eigenvalue weighted by Gasteiger charge is 2.23. The van der Waals surface area contributed by atoms with Gasteiger partial charge in [-0.15, -0.1) is 0 Å². The van der Waals surface area contributed by atoms with Crippen molar-refractivity contribution in [3.63, 3.8) is 0 Å². The summed E-state index contributed by atoms with van der Waals surface area (Å²) in [4.78, 5) is 33.9. The summed E-state index contributed by atoms with van der Waals surface area (Å²) in [6.45, 7) is 5.19. The first-order valence-electron chi connectivity index (χ1n) is 9.22. The molecule has 1 N–H and O–H groups in total. The highest BCUT2D eigenvalue weighted by atomic mass is 16.5. The summed E-state index contributed by atoms with van der Waals surface area (Å²) in [6, 6.07) is 0. The summed E-state index contributed by atoms with van der Waals surface area (Å²) in [6.07, 6.45) is 4.08. The fraction of sp³-hybridized carbons (Fsp3) is 0.611. The molecule has 2 aromatic rings. The number of aromatic nitrogens is 4. The van der Waals surface area contributed by atoms with Gasteiger partial charge in [0.25, 0.3) is 5.78 Å². The quantitative estimate of drug-likeness (QED) is 0.737. The Kier molecular flexibility index (Phi) is 6.00. The van der Waals surface area contributed by atoms with Crippen LogP contribution < -0.4 is 0 Å². The Morgan fingerprint density at radius 1 is 1.37 bits per heavy atom. The molecule has 1 amide bonds. The molecule has 9 nitrogen and oxygen atoms in total. The number of aryl methyl sites for hydroxylation is 2. The third kappa shape index (κ3) is 4.60. The average molecular weight is 375 g/mol. The van der Waals surface area contributed by atoms with Crippen LogP contribution in [0.5, 0.6) is 0 Å². The first kappa shape index (κ1) is 19.2. The maximum absolute atomic E-state index is 12.8. The van der Waals surface area contributed by atoms with Gasteiger partial charge < -0.3 is 14.7 Å². The van der Waals surface area contributed by atoms with E-state index in [4.69, 9.17) is 9.84 Å². The predicted octanol–water partition coefficient (Wildman–Crippen LogP) is 1.16. The van der Waals surface area contributed by atoms with Gasteiger partial charge in [0.2, 0.25) is 5.91 Å². The van der Waals surface area contributed by atoms with Crippen LogP contribution in [0.3, 0.4) is 0 Å². The summed E-state index contributed by atoms with van der Waals surface area (Å²) in [5, 5.41) is 13.1. The minimum Gasteiger partial charge on any atom is -0.481 e. The van der Waals surface area contributed by atoms with Crippen molar-refractivity contribution >= 4 is 17.7 Å². The van der Waals surface area contributed by atoms with E-state index in [1.165, 1.54) is 6.33 Å². The zero-order valence-electron chi connectivity index (χ0n) is 15.7. The lowest BCUT2D eigenvalue weighted by molar-refractivity contribution is -0.139. The number of aliphatic carboxylic acids is 1. The highest BCUT2D eigenvalue weighted by molar-refractivity contribution is 5.77. The Bertz CT molecular complexity index is 829. The van der Waals surface area contributed by atoms with Gasteiger partial charge >= 0.3 is 5.97 Å². The minimum absolute atomic E-state index is 0.000572. The predicted molar refractivity (Wildman–Crippen MR) is 96.4 cm³/mol. The van der Waals surface area contributed by atoms with E-state index in [9.17, 15) is 9.59 Å². The molecule has 1 atom stereocenters. The average Bonchev–Trinajstić information content (AvgIpc) is 3.29. The fourth-order valence-corrected chi connectivity index (χ4v) is 3.49. The van der Waals surface area contributed by atoms with Crippen LogP contribution in [0.15, 0.2) is 6.33 Å². The lowest BCUT2D eigenvalue weighted by Crippen LogP contribution is -2.39. The van der Waals surface area contributed by atoms with Gasteiger partial charge in [0, 0.05) is 37.5 Å². The molecule has 1 fully saturated rings. The Balaban J connectivity index is 1.68. The van der Waals surface area contributed by atoms with Crippen molar-refractivity contribution in [3.05, 3.63) is 23.3 Å². The molecule has 0 aromatic carbocycles. The molecule has 1 aliphatic rings. The van der Waals surface area contributed by atoms with Crippen molar-refractivity contribution in [1.82, 2.24) is 24.5 Å². The molecular formula is C18H25N5O4. The van der Waals surface area contributed by atoms with Gasteiger partial charge in [-0.1, -0.05) is 0 Å². The van der Waals surface area contributed by atoms with E-state index in [2.05, 4.69) is 15.1 Å². The number of nitrogens with zero attached hydrogens (tertiary/aromatic N) is 5. The normalized spacial score (nSPS) is 16.7. The van der Waals surface area contributed by atoms with E-state index in [0.717, 1.165) is 29.8 Å². The molecule has 3 heterocycles. The van der Waals surface area contributed by atoms with Crippen molar-refractivity contribution in [2.24, 2.45) is 0 Å². The lowest BCUT2D eigenvalue weighted by Gasteiger charge is -2.25. The van der Waals surface area contributed by atoms with Crippen LogP contribution in [-0.4, -0.2) is 67.3 Å². The molecule has 27 heavy (non-hydrogen) atoms. The molecule has 2 aromatic heterocycles. The van der Waals surface area contributed by atoms with Gasteiger partial charge in [0.15, 0.2) is 0 Å². The first-order valence-corrected chi connectivity index (χ1v) is 9.22. The summed E-state index contributed by atoms with van der Waals surface area (Å²) in [5.41, 5.74) is 2.72. The molecule has 0 bridgehead atoms. The third-order valence-electron chi connectivity index (χ3n) is 4.97. The zero-order valence-corrected chi connectivity index (χ0v) is 15.7. The number of amides is 1. The molecule has 3 rings (SSSR count). The van der Waals surface area contributed by atoms with Crippen LogP contribution >= 0.6 is 0 Å². The molecule has 1 unspecified atom stereocenters. The summed E-state index contributed by atoms with van der Waals surface area (Å²) >= 11 is 0. The van der Waals surface area contributed by atoms with Crippen LogP contribution in [0.1, 0.15) is 42.6 Å². The SMILES string of the molecule is Cc1nc2ncnn2c(C)c1CCC(=O)N(CCC(=O)O)CC1CCCO1. The number of hydrogen-bond acceptors (Lipinski definition) is 6. The van der Waals surface area contributed by atoms with Crippen LogP contribution in [-0.2, 0) is 20.7 Å². The number of rotatable bonds is 8. The monoisotopic (exact) mass is 375 g/mol. The second-order valence-corrected chi connectivity index (χ2v) is 6.85. The molecule has 1 aliphatic heterocycles. The number of hydrogen-bond donors (Lipinski definition) is 1. The topological polar surface area (TPSA) is 110 Å². The molecule has 9 heteroatoms. The molecule has 1 saturated heterocycles. The molecule has 0 aliphatic carbocycles. The molecule has 146 valence electrons. The summed E-state index contributed by atoms with van der Waals surface area (Å²) < 4.78 is 7.28. The smallest absolute Gasteiger partial charge is 0.305 e. The van der Waals surface area contributed by atoms with E-state index in [1.807, 2.05) is 13.8 Å². The van der Waals surface area contributed by atoms with Crippen LogP contribution in [0, 0.1) is 13.8 Å². The zero-order chi connectivity index (χ0) is 19.4. The van der Waals surface area contributed by atoms with Crippen molar-refractivity contribution < 1.29 is 19.4 Å². The molecule has 0 spiro atoms. The maximum atomic E-state index is 12.8. The number of carbonyl (C=O) groups excluding carboxylic acids is 1. The van der Waals surface area contributed by atoms with Gasteiger partial charge in [0.1, 0.15) is 6.33 Å². The van der Waals surface area contributed by atoms with Crippen molar-refractivity contribution in [1.29, 1.82) is 0 Å². The van der Waals surface area contributed by atoms with E-state index >= 15 is 0 Å². The van der Waals surface area contributed by atoms with Gasteiger partial charge in [0.05, 0.1) is 12.5 Å². The van der Waals surface area contributed by atoms with Crippen molar-refractivity contribution in [2.45, 2.75) is 52.1 Å². The van der Waals surface area contributed by atoms with Gasteiger partial charge in [-0.25, -0.2) is 9.50 Å². The first-order chi connectivity index (χ1) is 13.0. The number of ether oxygens (including phenoxy) is 1. The minimum atomic E-state index is -0.910. The Morgan fingerprint density at radius 3 is 2.89 bits per heavy atom. The second-order valence-electron chi connectivity index (χ2n) is 6.85. The summed E-state index contributed by atoms with van der Waals surface area (Å²) in [5.74, 6) is -0.432.